The summed E-state index contributed by atoms with van der Waals surface area (Å²) in [6.45, 7) is 1.72. The van der Waals surface area contributed by atoms with Gasteiger partial charge < -0.3 is 15.5 Å². The van der Waals surface area contributed by atoms with E-state index in [4.69, 9.17) is 11.6 Å². The average Bonchev–Trinajstić information content (AvgIpc) is 2.67. The van der Waals surface area contributed by atoms with E-state index in [0.29, 0.717) is 16.3 Å². The van der Waals surface area contributed by atoms with Gasteiger partial charge in [-0.2, -0.15) is 0 Å². The number of benzene rings is 2. The van der Waals surface area contributed by atoms with E-state index in [1.807, 2.05) is 17.0 Å². The minimum atomic E-state index is -0.187. The lowest BCUT2D eigenvalue weighted by Crippen LogP contribution is -2.35. The van der Waals surface area contributed by atoms with Crippen LogP contribution in [0.5, 0.6) is 0 Å². The first-order valence-corrected chi connectivity index (χ1v) is 9.18. The molecule has 136 valence electrons. The van der Waals surface area contributed by atoms with Gasteiger partial charge in [-0.3, -0.25) is 9.59 Å². The van der Waals surface area contributed by atoms with Gasteiger partial charge in [0, 0.05) is 35.1 Å². The first-order valence-electron chi connectivity index (χ1n) is 8.80. The van der Waals surface area contributed by atoms with Crippen LogP contribution in [0.3, 0.4) is 0 Å². The second-order valence-corrected chi connectivity index (χ2v) is 6.78. The van der Waals surface area contributed by atoms with Crippen LogP contribution in [0.1, 0.15) is 29.6 Å². The van der Waals surface area contributed by atoms with Crippen LogP contribution >= 0.6 is 11.6 Å². The number of nitrogens with zero attached hydrogens (tertiary/aromatic N) is 1. The lowest BCUT2D eigenvalue weighted by molar-refractivity contribution is -0.114. The van der Waals surface area contributed by atoms with E-state index in [0.717, 1.165) is 31.6 Å². The van der Waals surface area contributed by atoms with E-state index in [1.165, 1.54) is 6.42 Å². The van der Waals surface area contributed by atoms with Crippen molar-refractivity contribution in [2.24, 2.45) is 0 Å². The molecule has 1 saturated heterocycles. The monoisotopic (exact) mass is 371 g/mol. The number of rotatable bonds is 5. The third-order valence-electron chi connectivity index (χ3n) is 4.31. The predicted octanol–water partition coefficient (Wildman–Crippen LogP) is 4.02. The molecule has 1 aliphatic heterocycles. The Labute approximate surface area is 158 Å². The SMILES string of the molecule is O=C(CNc1cccc(Cl)c1)Nc1cccc(C(=O)N2CCCCC2)c1. The summed E-state index contributed by atoms with van der Waals surface area (Å²) in [5.41, 5.74) is 2.00. The molecule has 0 spiro atoms. The molecule has 3 rings (SSSR count). The van der Waals surface area contributed by atoms with Crippen LogP contribution in [0.15, 0.2) is 48.5 Å². The number of likely N-dealkylation sites (tertiary alicyclic amines) is 1. The highest BCUT2D eigenvalue weighted by molar-refractivity contribution is 6.30. The summed E-state index contributed by atoms with van der Waals surface area (Å²) >= 11 is 5.92. The summed E-state index contributed by atoms with van der Waals surface area (Å²) in [4.78, 5) is 26.6. The number of halogens is 1. The maximum Gasteiger partial charge on any atom is 0.253 e. The highest BCUT2D eigenvalue weighted by atomic mass is 35.5. The summed E-state index contributed by atoms with van der Waals surface area (Å²) in [5.74, 6) is -0.162. The number of amides is 2. The molecule has 2 aromatic carbocycles. The molecule has 0 saturated carbocycles. The third kappa shape index (κ3) is 4.99. The Morgan fingerprint density at radius 1 is 0.962 bits per heavy atom. The summed E-state index contributed by atoms with van der Waals surface area (Å²) in [6.07, 6.45) is 3.29. The zero-order chi connectivity index (χ0) is 18.4. The van der Waals surface area contributed by atoms with Crippen molar-refractivity contribution in [2.45, 2.75) is 19.3 Å². The molecule has 2 amide bonds. The van der Waals surface area contributed by atoms with Crippen LogP contribution in [0, 0.1) is 0 Å². The highest BCUT2D eigenvalue weighted by Gasteiger charge is 2.18. The quantitative estimate of drug-likeness (QED) is 0.834. The molecule has 0 radical (unpaired) electrons. The van der Waals surface area contributed by atoms with Crippen LogP contribution < -0.4 is 10.6 Å². The van der Waals surface area contributed by atoms with Gasteiger partial charge in [0.05, 0.1) is 6.54 Å². The Morgan fingerprint density at radius 3 is 2.46 bits per heavy atom. The Balaban J connectivity index is 1.57. The van der Waals surface area contributed by atoms with E-state index in [1.54, 1.807) is 36.4 Å². The molecule has 0 atom stereocenters. The van der Waals surface area contributed by atoms with Gasteiger partial charge in [-0.15, -0.1) is 0 Å². The molecule has 1 aliphatic rings. The van der Waals surface area contributed by atoms with Crippen LogP contribution in [0.4, 0.5) is 11.4 Å². The molecule has 0 bridgehead atoms. The van der Waals surface area contributed by atoms with E-state index in [2.05, 4.69) is 10.6 Å². The number of carbonyl (C=O) groups is 2. The van der Waals surface area contributed by atoms with E-state index in [-0.39, 0.29) is 18.4 Å². The largest absolute Gasteiger partial charge is 0.376 e. The molecule has 1 fully saturated rings. The van der Waals surface area contributed by atoms with Crippen molar-refractivity contribution in [2.75, 3.05) is 30.3 Å². The van der Waals surface area contributed by atoms with Crippen molar-refractivity contribution in [3.8, 4) is 0 Å². The van der Waals surface area contributed by atoms with E-state index in [9.17, 15) is 9.59 Å². The molecule has 6 heteroatoms. The van der Waals surface area contributed by atoms with Gasteiger partial charge in [0.1, 0.15) is 0 Å². The van der Waals surface area contributed by atoms with E-state index < -0.39 is 0 Å². The average molecular weight is 372 g/mol. The van der Waals surface area contributed by atoms with Crippen LogP contribution in [0.25, 0.3) is 0 Å². The first kappa shape index (κ1) is 18.3. The number of nitrogens with one attached hydrogen (secondary N) is 2. The zero-order valence-corrected chi connectivity index (χ0v) is 15.3. The van der Waals surface area contributed by atoms with Crippen molar-refractivity contribution in [1.82, 2.24) is 4.90 Å². The zero-order valence-electron chi connectivity index (χ0n) is 14.5. The standard InChI is InChI=1S/C20H22ClN3O2/c21-16-7-5-8-17(13-16)22-14-19(25)23-18-9-4-6-15(12-18)20(26)24-10-2-1-3-11-24/h4-9,12-13,22H,1-3,10-11,14H2,(H,23,25). The molecule has 0 unspecified atom stereocenters. The number of anilines is 2. The fraction of sp³-hybridized carbons (Fsp3) is 0.300. The highest BCUT2D eigenvalue weighted by Crippen LogP contribution is 2.17. The van der Waals surface area contributed by atoms with Gasteiger partial charge >= 0.3 is 0 Å². The van der Waals surface area contributed by atoms with Crippen molar-refractivity contribution < 1.29 is 9.59 Å². The van der Waals surface area contributed by atoms with E-state index >= 15 is 0 Å². The second-order valence-electron chi connectivity index (χ2n) is 6.35. The summed E-state index contributed by atoms with van der Waals surface area (Å²) < 4.78 is 0. The van der Waals surface area contributed by atoms with Crippen molar-refractivity contribution in [1.29, 1.82) is 0 Å². The molecule has 26 heavy (non-hydrogen) atoms. The minimum absolute atomic E-state index is 0.0258. The van der Waals surface area contributed by atoms with Crippen molar-refractivity contribution >= 4 is 34.8 Å². The molecule has 2 aromatic rings. The van der Waals surface area contributed by atoms with Crippen LogP contribution in [-0.2, 0) is 4.79 Å². The molecule has 5 nitrogen and oxygen atoms in total. The van der Waals surface area contributed by atoms with Crippen LogP contribution in [-0.4, -0.2) is 36.3 Å². The molecule has 2 N–H and O–H groups in total. The maximum absolute atomic E-state index is 12.6. The van der Waals surface area contributed by atoms with Gasteiger partial charge in [0.2, 0.25) is 5.91 Å². The number of piperidine rings is 1. The van der Waals surface area contributed by atoms with Gasteiger partial charge in [0.15, 0.2) is 0 Å². The van der Waals surface area contributed by atoms with Gasteiger partial charge in [0.25, 0.3) is 5.91 Å². The Hall–Kier alpha value is -2.53. The fourth-order valence-corrected chi connectivity index (χ4v) is 3.19. The Kier molecular flexibility index (Phi) is 6.12. The Morgan fingerprint density at radius 2 is 1.69 bits per heavy atom. The molecule has 0 aromatic heterocycles. The second kappa shape index (κ2) is 8.72. The number of hydrogen-bond donors (Lipinski definition) is 2. The summed E-state index contributed by atoms with van der Waals surface area (Å²) in [7, 11) is 0. The lowest BCUT2D eigenvalue weighted by atomic mass is 10.1. The summed E-state index contributed by atoms with van der Waals surface area (Å²) in [6, 6.07) is 14.3. The minimum Gasteiger partial charge on any atom is -0.376 e. The fourth-order valence-electron chi connectivity index (χ4n) is 3.00. The van der Waals surface area contributed by atoms with Crippen molar-refractivity contribution in [3.05, 3.63) is 59.1 Å². The van der Waals surface area contributed by atoms with Gasteiger partial charge in [-0.1, -0.05) is 23.7 Å². The lowest BCUT2D eigenvalue weighted by Gasteiger charge is -2.26. The van der Waals surface area contributed by atoms with Gasteiger partial charge in [-0.25, -0.2) is 0 Å². The molecule has 0 aliphatic carbocycles. The maximum atomic E-state index is 12.6. The third-order valence-corrected chi connectivity index (χ3v) is 4.55. The Bertz CT molecular complexity index is 788. The predicted molar refractivity (Wildman–Crippen MR) is 105 cm³/mol. The normalized spacial score (nSPS) is 14.0. The van der Waals surface area contributed by atoms with Crippen molar-refractivity contribution in [3.63, 3.8) is 0 Å². The first-order chi connectivity index (χ1) is 12.6. The number of carbonyl (C=O) groups excluding carboxylic acids is 2. The topological polar surface area (TPSA) is 61.4 Å². The molecular formula is C20H22ClN3O2. The number of hydrogen-bond acceptors (Lipinski definition) is 3. The van der Waals surface area contributed by atoms with Gasteiger partial charge in [-0.05, 0) is 55.7 Å². The van der Waals surface area contributed by atoms with Crippen LogP contribution in [0.2, 0.25) is 5.02 Å². The molecule has 1 heterocycles. The smallest absolute Gasteiger partial charge is 0.253 e. The molecular weight excluding hydrogens is 350 g/mol. The summed E-state index contributed by atoms with van der Waals surface area (Å²) in [5, 5.41) is 6.45.